The fourth-order valence-electron chi connectivity index (χ4n) is 4.79. The number of ether oxygens (including phenoxy) is 1. The minimum absolute atomic E-state index is 0.0525. The predicted molar refractivity (Wildman–Crippen MR) is 140 cm³/mol. The number of likely N-dealkylation sites (tertiary alicyclic amines) is 1. The molecule has 1 aliphatic heterocycles. The van der Waals surface area contributed by atoms with E-state index in [-0.39, 0.29) is 33.4 Å². The Balaban J connectivity index is 1.79. The Hall–Kier alpha value is -4.40. The second-order valence-corrected chi connectivity index (χ2v) is 10.8. The molecule has 1 aromatic heterocycles. The summed E-state index contributed by atoms with van der Waals surface area (Å²) < 4.78 is 34.6. The van der Waals surface area contributed by atoms with E-state index in [4.69, 9.17) is 10.5 Å². The molecule has 1 fully saturated rings. The third-order valence-electron chi connectivity index (χ3n) is 6.70. The molecule has 5 rings (SSSR count). The quantitative estimate of drug-likeness (QED) is 0.402. The SMILES string of the molecule is COc1ccc(S(=O)(=O)n2c(=O)n(C(C(=O)N3CC[C@H](N)C3)c3ccccc3)c3cc(C#N)ccc32)cc1. The summed E-state index contributed by atoms with van der Waals surface area (Å²) in [5.41, 5.74) is 6.06. The van der Waals surface area contributed by atoms with Crippen LogP contribution in [0, 0.1) is 11.3 Å². The molecule has 0 radical (unpaired) electrons. The molecule has 194 valence electrons. The van der Waals surface area contributed by atoms with Gasteiger partial charge in [0.15, 0.2) is 0 Å². The lowest BCUT2D eigenvalue weighted by Gasteiger charge is -2.25. The monoisotopic (exact) mass is 531 g/mol. The Kier molecular flexibility index (Phi) is 6.52. The maximum absolute atomic E-state index is 14.1. The van der Waals surface area contributed by atoms with Crippen LogP contribution in [0.2, 0.25) is 0 Å². The van der Waals surface area contributed by atoms with Gasteiger partial charge in [0, 0.05) is 19.1 Å². The third kappa shape index (κ3) is 4.23. The number of carbonyl (C=O) groups is 1. The van der Waals surface area contributed by atoms with Gasteiger partial charge >= 0.3 is 5.69 Å². The van der Waals surface area contributed by atoms with Crippen molar-refractivity contribution < 1.29 is 17.9 Å². The Morgan fingerprint density at radius 3 is 2.39 bits per heavy atom. The smallest absolute Gasteiger partial charge is 0.344 e. The Labute approximate surface area is 219 Å². The minimum Gasteiger partial charge on any atom is -0.497 e. The predicted octanol–water partition coefficient (Wildman–Crippen LogP) is 2.07. The molecule has 2 atom stereocenters. The van der Waals surface area contributed by atoms with E-state index in [0.717, 1.165) is 0 Å². The molecule has 1 unspecified atom stereocenters. The van der Waals surface area contributed by atoms with Crippen LogP contribution in [0.5, 0.6) is 5.75 Å². The fraction of sp³-hybridized carbons (Fsp3) is 0.222. The van der Waals surface area contributed by atoms with E-state index in [0.29, 0.717) is 34.8 Å². The number of rotatable bonds is 6. The average molecular weight is 532 g/mol. The van der Waals surface area contributed by atoms with Gasteiger partial charge in [0.1, 0.15) is 11.8 Å². The van der Waals surface area contributed by atoms with Crippen molar-refractivity contribution in [3.63, 3.8) is 0 Å². The van der Waals surface area contributed by atoms with Crippen LogP contribution in [0.3, 0.4) is 0 Å². The zero-order valence-corrected chi connectivity index (χ0v) is 21.3. The van der Waals surface area contributed by atoms with Gasteiger partial charge in [-0.2, -0.15) is 9.23 Å². The zero-order valence-electron chi connectivity index (χ0n) is 20.5. The van der Waals surface area contributed by atoms with Crippen molar-refractivity contribution in [3.8, 4) is 11.8 Å². The van der Waals surface area contributed by atoms with Crippen LogP contribution in [0.4, 0.5) is 0 Å². The summed E-state index contributed by atoms with van der Waals surface area (Å²) >= 11 is 0. The summed E-state index contributed by atoms with van der Waals surface area (Å²) in [4.78, 5) is 29.4. The lowest BCUT2D eigenvalue weighted by Crippen LogP contribution is -2.41. The molecular weight excluding hydrogens is 506 g/mol. The van der Waals surface area contributed by atoms with Gasteiger partial charge in [-0.3, -0.25) is 9.36 Å². The minimum atomic E-state index is -4.39. The van der Waals surface area contributed by atoms with Crippen molar-refractivity contribution in [2.45, 2.75) is 23.4 Å². The van der Waals surface area contributed by atoms with Crippen LogP contribution in [0.25, 0.3) is 11.0 Å². The van der Waals surface area contributed by atoms with Crippen LogP contribution in [0.15, 0.2) is 82.5 Å². The Bertz CT molecular complexity index is 1720. The number of carbonyl (C=O) groups excluding carboxylic acids is 1. The van der Waals surface area contributed by atoms with Crippen LogP contribution in [0.1, 0.15) is 23.6 Å². The highest BCUT2D eigenvalue weighted by Crippen LogP contribution is 2.29. The lowest BCUT2D eigenvalue weighted by atomic mass is 10.0. The van der Waals surface area contributed by atoms with E-state index < -0.39 is 21.8 Å². The molecule has 2 N–H and O–H groups in total. The van der Waals surface area contributed by atoms with Crippen molar-refractivity contribution in [2.75, 3.05) is 20.2 Å². The van der Waals surface area contributed by atoms with Crippen molar-refractivity contribution in [2.24, 2.45) is 5.73 Å². The molecule has 0 bridgehead atoms. The number of benzene rings is 3. The molecule has 2 heterocycles. The summed E-state index contributed by atoms with van der Waals surface area (Å²) in [6, 6.07) is 19.3. The summed E-state index contributed by atoms with van der Waals surface area (Å²) in [7, 11) is -2.93. The van der Waals surface area contributed by atoms with Gasteiger partial charge < -0.3 is 15.4 Å². The maximum atomic E-state index is 14.1. The lowest BCUT2D eigenvalue weighted by molar-refractivity contribution is -0.132. The molecule has 0 spiro atoms. The van der Waals surface area contributed by atoms with Gasteiger partial charge in [-0.1, -0.05) is 30.3 Å². The number of imidazole rings is 1. The molecule has 1 aliphatic rings. The van der Waals surface area contributed by atoms with E-state index in [2.05, 4.69) is 0 Å². The van der Waals surface area contributed by atoms with Crippen LogP contribution < -0.4 is 16.2 Å². The number of nitriles is 1. The molecule has 3 aromatic carbocycles. The van der Waals surface area contributed by atoms with E-state index >= 15 is 0 Å². The average Bonchev–Trinajstić information content (AvgIpc) is 3.50. The second kappa shape index (κ2) is 9.81. The first-order valence-corrected chi connectivity index (χ1v) is 13.4. The van der Waals surface area contributed by atoms with Crippen molar-refractivity contribution in [1.29, 1.82) is 5.26 Å². The van der Waals surface area contributed by atoms with Crippen molar-refractivity contribution in [1.82, 2.24) is 13.4 Å². The van der Waals surface area contributed by atoms with Gasteiger partial charge in [0.25, 0.3) is 15.9 Å². The van der Waals surface area contributed by atoms with E-state index in [9.17, 15) is 23.3 Å². The maximum Gasteiger partial charge on any atom is 0.344 e. The number of hydrogen-bond donors (Lipinski definition) is 1. The van der Waals surface area contributed by atoms with Gasteiger partial charge in [0.2, 0.25) is 0 Å². The molecule has 0 aliphatic carbocycles. The first-order valence-electron chi connectivity index (χ1n) is 11.9. The Morgan fingerprint density at radius 1 is 1.08 bits per heavy atom. The van der Waals surface area contributed by atoms with Crippen LogP contribution >= 0.6 is 0 Å². The number of aromatic nitrogens is 2. The zero-order chi connectivity index (χ0) is 27.0. The fourth-order valence-corrected chi connectivity index (χ4v) is 6.19. The van der Waals surface area contributed by atoms with E-state index in [1.807, 2.05) is 6.07 Å². The second-order valence-electron chi connectivity index (χ2n) is 9.06. The molecule has 10 nitrogen and oxygen atoms in total. The highest BCUT2D eigenvalue weighted by Gasteiger charge is 2.36. The number of fused-ring (bicyclic) bond motifs is 1. The van der Waals surface area contributed by atoms with Crippen molar-refractivity contribution >= 4 is 27.0 Å². The summed E-state index contributed by atoms with van der Waals surface area (Å²) in [5, 5.41) is 9.55. The van der Waals surface area contributed by atoms with Crippen LogP contribution in [-0.2, 0) is 14.8 Å². The number of amides is 1. The number of hydrogen-bond acceptors (Lipinski definition) is 7. The highest BCUT2D eigenvalue weighted by molar-refractivity contribution is 7.90. The molecule has 1 amide bonds. The van der Waals surface area contributed by atoms with E-state index in [1.165, 1.54) is 54.1 Å². The third-order valence-corrected chi connectivity index (χ3v) is 8.41. The molecule has 38 heavy (non-hydrogen) atoms. The van der Waals surface area contributed by atoms with Gasteiger partial charge in [-0.15, -0.1) is 0 Å². The summed E-state index contributed by atoms with van der Waals surface area (Å²) in [6.45, 7) is 0.744. The van der Waals surface area contributed by atoms with Crippen LogP contribution in [-0.4, -0.2) is 54.0 Å². The van der Waals surface area contributed by atoms with Gasteiger partial charge in [-0.05, 0) is 54.4 Å². The highest BCUT2D eigenvalue weighted by atomic mass is 32.2. The summed E-state index contributed by atoms with van der Waals surface area (Å²) in [6.07, 6.45) is 0.619. The first-order chi connectivity index (χ1) is 18.3. The summed E-state index contributed by atoms with van der Waals surface area (Å²) in [5.74, 6) is 0.0745. The van der Waals surface area contributed by atoms with Gasteiger partial charge in [0.05, 0.1) is 34.7 Å². The molecule has 4 aromatic rings. The number of methoxy groups -OCH3 is 1. The van der Waals surface area contributed by atoms with E-state index in [1.54, 1.807) is 35.2 Å². The normalized spacial score (nSPS) is 16.3. The number of nitrogens with two attached hydrogens (primary N) is 1. The largest absolute Gasteiger partial charge is 0.497 e. The van der Waals surface area contributed by atoms with Gasteiger partial charge in [-0.25, -0.2) is 13.2 Å². The molecule has 1 saturated heterocycles. The topological polar surface area (TPSA) is 140 Å². The first kappa shape index (κ1) is 25.3. The Morgan fingerprint density at radius 2 is 1.79 bits per heavy atom. The standard InChI is InChI=1S/C27H25N5O5S/c1-37-21-8-10-22(11-9-21)38(35,36)32-23-12-7-18(16-28)15-24(23)31(27(32)34)25(19-5-3-2-4-6-19)26(33)30-14-13-20(29)17-30/h2-12,15,20,25H,13-14,17,29H2,1H3/t20-,25?/m0/s1. The molecule has 11 heteroatoms. The number of nitrogens with zero attached hydrogens (tertiary/aromatic N) is 4. The molecule has 0 saturated carbocycles. The molecular formula is C27H25N5O5S. The van der Waals surface area contributed by atoms with Crippen molar-refractivity contribution in [3.05, 3.63) is 94.4 Å².